The molecule has 0 radical (unpaired) electrons. The number of aryl methyl sites for hydroxylation is 1. The third kappa shape index (κ3) is 2.97. The minimum atomic E-state index is -1.09. The standard InChI is InChI=1S/C22H22FN3O3/c1-13-7-8-14(23)9-15(13)17-10-20(28)26(11-19(27)24-2)12-22(17)16-5-3-4-6-18(16)25-21(22)29/h3-9,17H,10-12H2,1-2H3,(H,24,27)(H,25,29). The second-order valence-electron chi connectivity index (χ2n) is 7.65. The maximum Gasteiger partial charge on any atom is 0.239 e. The average Bonchev–Trinajstić information content (AvgIpc) is 2.98. The summed E-state index contributed by atoms with van der Waals surface area (Å²) in [5.41, 5.74) is 1.83. The number of nitrogens with one attached hydrogen (secondary N) is 2. The number of carbonyl (C=O) groups excluding carboxylic acids is 3. The molecule has 150 valence electrons. The molecule has 0 saturated carbocycles. The smallest absolute Gasteiger partial charge is 0.239 e. The Morgan fingerprint density at radius 3 is 2.79 bits per heavy atom. The molecule has 0 aliphatic carbocycles. The highest BCUT2D eigenvalue weighted by atomic mass is 19.1. The molecule has 3 amide bonds. The van der Waals surface area contributed by atoms with Crippen LogP contribution in [0.4, 0.5) is 10.1 Å². The van der Waals surface area contributed by atoms with Gasteiger partial charge in [0.2, 0.25) is 17.7 Å². The van der Waals surface area contributed by atoms with Crippen LogP contribution in [-0.4, -0.2) is 42.8 Å². The van der Waals surface area contributed by atoms with E-state index in [1.165, 1.54) is 24.1 Å². The van der Waals surface area contributed by atoms with Gasteiger partial charge in [-0.2, -0.15) is 0 Å². The molecule has 2 atom stereocenters. The largest absolute Gasteiger partial charge is 0.358 e. The number of nitrogens with zero attached hydrogens (tertiary/aromatic N) is 1. The normalized spacial score (nSPS) is 23.1. The van der Waals surface area contributed by atoms with Gasteiger partial charge in [0.1, 0.15) is 11.2 Å². The Morgan fingerprint density at radius 2 is 2.03 bits per heavy atom. The van der Waals surface area contributed by atoms with Crippen LogP contribution in [-0.2, 0) is 19.8 Å². The van der Waals surface area contributed by atoms with Crippen molar-refractivity contribution < 1.29 is 18.8 Å². The first-order valence-corrected chi connectivity index (χ1v) is 9.52. The van der Waals surface area contributed by atoms with Crippen molar-refractivity contribution in [2.45, 2.75) is 24.7 Å². The molecule has 2 aromatic rings. The second kappa shape index (κ2) is 6.99. The molecule has 2 heterocycles. The van der Waals surface area contributed by atoms with Crippen molar-refractivity contribution in [3.05, 3.63) is 65.0 Å². The Morgan fingerprint density at radius 1 is 1.28 bits per heavy atom. The monoisotopic (exact) mass is 395 g/mol. The zero-order valence-corrected chi connectivity index (χ0v) is 16.3. The van der Waals surface area contributed by atoms with Crippen LogP contribution in [0.1, 0.15) is 29.0 Å². The van der Waals surface area contributed by atoms with E-state index in [1.54, 1.807) is 6.07 Å². The topological polar surface area (TPSA) is 78.5 Å². The number of rotatable bonds is 3. The van der Waals surface area contributed by atoms with E-state index in [0.717, 1.165) is 11.1 Å². The summed E-state index contributed by atoms with van der Waals surface area (Å²) in [5, 5.41) is 5.44. The van der Waals surface area contributed by atoms with Crippen LogP contribution >= 0.6 is 0 Å². The molecule has 0 aromatic heterocycles. The Hall–Kier alpha value is -3.22. The highest BCUT2D eigenvalue weighted by Gasteiger charge is 2.57. The lowest BCUT2D eigenvalue weighted by Gasteiger charge is -2.45. The van der Waals surface area contributed by atoms with Gasteiger partial charge in [-0.15, -0.1) is 0 Å². The number of fused-ring (bicyclic) bond motifs is 2. The minimum Gasteiger partial charge on any atom is -0.358 e. The Kier molecular flexibility index (Phi) is 4.61. The first-order chi connectivity index (χ1) is 13.9. The summed E-state index contributed by atoms with van der Waals surface area (Å²) in [6, 6.07) is 11.8. The SMILES string of the molecule is CNC(=O)CN1CC2(C(=O)Nc3ccccc32)C(c2cc(F)ccc2C)CC1=O. The van der Waals surface area contributed by atoms with Crippen molar-refractivity contribution in [1.29, 1.82) is 0 Å². The molecule has 6 nitrogen and oxygen atoms in total. The van der Waals surface area contributed by atoms with Crippen molar-refractivity contribution in [1.82, 2.24) is 10.2 Å². The van der Waals surface area contributed by atoms with Gasteiger partial charge < -0.3 is 15.5 Å². The van der Waals surface area contributed by atoms with Crippen molar-refractivity contribution in [2.75, 3.05) is 25.5 Å². The highest BCUT2D eigenvalue weighted by Crippen LogP contribution is 2.52. The van der Waals surface area contributed by atoms with Crippen LogP contribution < -0.4 is 10.6 Å². The van der Waals surface area contributed by atoms with E-state index in [9.17, 15) is 18.8 Å². The minimum absolute atomic E-state index is 0.0169. The van der Waals surface area contributed by atoms with Gasteiger partial charge in [-0.05, 0) is 41.8 Å². The maximum atomic E-state index is 14.1. The summed E-state index contributed by atoms with van der Waals surface area (Å²) in [7, 11) is 1.50. The van der Waals surface area contributed by atoms with Crippen LogP contribution in [0, 0.1) is 12.7 Å². The molecule has 7 heteroatoms. The predicted octanol–water partition coefficient (Wildman–Crippen LogP) is 2.09. The van der Waals surface area contributed by atoms with Crippen molar-refractivity contribution in [3.8, 4) is 0 Å². The summed E-state index contributed by atoms with van der Waals surface area (Å²) < 4.78 is 14.1. The van der Waals surface area contributed by atoms with Crippen molar-refractivity contribution >= 4 is 23.4 Å². The Balaban J connectivity index is 1.89. The first-order valence-electron chi connectivity index (χ1n) is 9.52. The molecule has 29 heavy (non-hydrogen) atoms. The molecule has 1 spiro atoms. The molecule has 0 bridgehead atoms. The first kappa shape index (κ1) is 19.1. The van der Waals surface area contributed by atoms with E-state index in [1.807, 2.05) is 31.2 Å². The van der Waals surface area contributed by atoms with Gasteiger partial charge in [-0.3, -0.25) is 14.4 Å². The lowest BCUT2D eigenvalue weighted by molar-refractivity contribution is -0.143. The number of carbonyl (C=O) groups is 3. The van der Waals surface area contributed by atoms with Gasteiger partial charge in [0.25, 0.3) is 0 Å². The number of halogens is 1. The fraction of sp³-hybridized carbons (Fsp3) is 0.318. The van der Waals surface area contributed by atoms with Gasteiger partial charge in [0.05, 0.1) is 6.54 Å². The molecule has 2 N–H and O–H groups in total. The van der Waals surface area contributed by atoms with Crippen molar-refractivity contribution in [3.63, 3.8) is 0 Å². The van der Waals surface area contributed by atoms with Gasteiger partial charge in [0.15, 0.2) is 0 Å². The molecule has 1 fully saturated rings. The Bertz CT molecular complexity index is 1020. The molecule has 2 aliphatic heterocycles. The van der Waals surface area contributed by atoms with Crippen LogP contribution in [0.2, 0.25) is 0 Å². The zero-order chi connectivity index (χ0) is 20.8. The molecule has 1 saturated heterocycles. The molecular formula is C22H22FN3O3. The van der Waals surface area contributed by atoms with Gasteiger partial charge in [0, 0.05) is 31.6 Å². The van der Waals surface area contributed by atoms with Crippen LogP contribution in [0.15, 0.2) is 42.5 Å². The van der Waals surface area contributed by atoms with Crippen LogP contribution in [0.5, 0.6) is 0 Å². The summed E-state index contributed by atoms with van der Waals surface area (Å²) in [6.45, 7) is 1.78. The summed E-state index contributed by atoms with van der Waals surface area (Å²) in [6.07, 6.45) is 0.0169. The lowest BCUT2D eigenvalue weighted by Crippen LogP contribution is -2.58. The number of likely N-dealkylation sites (N-methyl/N-ethyl adjacent to an activating group) is 1. The van der Waals surface area contributed by atoms with Gasteiger partial charge in [-0.1, -0.05) is 24.3 Å². The van der Waals surface area contributed by atoms with Crippen LogP contribution in [0.3, 0.4) is 0 Å². The molecule has 2 aromatic carbocycles. The molecule has 4 rings (SSSR count). The number of likely N-dealkylation sites (tertiary alicyclic amines) is 1. The number of amides is 3. The van der Waals surface area contributed by atoms with E-state index in [4.69, 9.17) is 0 Å². The maximum absolute atomic E-state index is 14.1. The number of anilines is 1. The Labute approximate surface area is 168 Å². The molecular weight excluding hydrogens is 373 g/mol. The van der Waals surface area contributed by atoms with Gasteiger partial charge in [-0.25, -0.2) is 4.39 Å². The fourth-order valence-corrected chi connectivity index (χ4v) is 4.58. The van der Waals surface area contributed by atoms with E-state index in [-0.39, 0.29) is 37.2 Å². The highest BCUT2D eigenvalue weighted by molar-refractivity contribution is 6.08. The van der Waals surface area contributed by atoms with E-state index >= 15 is 0 Å². The number of hydrogen-bond acceptors (Lipinski definition) is 3. The van der Waals surface area contributed by atoms with Gasteiger partial charge >= 0.3 is 0 Å². The predicted molar refractivity (Wildman–Crippen MR) is 106 cm³/mol. The van der Waals surface area contributed by atoms with E-state index in [2.05, 4.69) is 10.6 Å². The van der Waals surface area contributed by atoms with Crippen molar-refractivity contribution in [2.24, 2.45) is 0 Å². The third-order valence-corrected chi connectivity index (χ3v) is 6.06. The molecule has 2 aliphatic rings. The molecule has 2 unspecified atom stereocenters. The zero-order valence-electron chi connectivity index (χ0n) is 16.3. The summed E-state index contributed by atoms with van der Waals surface area (Å²) in [4.78, 5) is 39.6. The average molecular weight is 395 g/mol. The lowest BCUT2D eigenvalue weighted by atomic mass is 9.63. The number of piperidine rings is 1. The van der Waals surface area contributed by atoms with E-state index in [0.29, 0.717) is 11.3 Å². The number of benzene rings is 2. The van der Waals surface area contributed by atoms with Crippen LogP contribution in [0.25, 0.3) is 0 Å². The number of hydrogen-bond donors (Lipinski definition) is 2. The third-order valence-electron chi connectivity index (χ3n) is 6.06. The quantitative estimate of drug-likeness (QED) is 0.835. The summed E-state index contributed by atoms with van der Waals surface area (Å²) in [5.74, 6) is -1.71. The summed E-state index contributed by atoms with van der Waals surface area (Å²) >= 11 is 0. The second-order valence-corrected chi connectivity index (χ2v) is 7.65. The number of para-hydroxylation sites is 1. The van der Waals surface area contributed by atoms with E-state index < -0.39 is 17.2 Å². The fourth-order valence-electron chi connectivity index (χ4n) is 4.58.